The number of carbonyl (C=O) groups is 3. The average Bonchev–Trinajstić information content (AvgIpc) is 2.72. The minimum Gasteiger partial charge on any atom is -0.772 e. The highest BCUT2D eigenvalue weighted by molar-refractivity contribution is 7.81. The standard InChI is InChI=1S/C18H22ClN3O9S/c1-9-7-12(24)22(9)15(17(27)28)18(2,32(29)30)8-21-31-6-5-20-16(26)10-3-4-11(23)14(25)13(10)19/h3-4,8-9,15,23,25H,5-7H2,1-2H3,(H,20,26)(H,27,28)(H,29,30)/p-1/b21-8+/t9-,15+,18+/m1/s1. The van der Waals surface area contributed by atoms with Gasteiger partial charge in [-0.05, 0) is 37.1 Å². The molecule has 0 aliphatic carbocycles. The Labute approximate surface area is 190 Å². The van der Waals surface area contributed by atoms with Crippen molar-refractivity contribution in [3.63, 3.8) is 0 Å². The van der Waals surface area contributed by atoms with Crippen LogP contribution in [0.3, 0.4) is 0 Å². The Morgan fingerprint density at radius 2 is 2.16 bits per heavy atom. The molecule has 12 nitrogen and oxygen atoms in total. The van der Waals surface area contributed by atoms with Gasteiger partial charge >= 0.3 is 5.97 Å². The van der Waals surface area contributed by atoms with Gasteiger partial charge in [0.2, 0.25) is 5.91 Å². The van der Waals surface area contributed by atoms with Crippen molar-refractivity contribution in [1.29, 1.82) is 0 Å². The number of oxime groups is 1. The fourth-order valence-corrected chi connectivity index (χ4v) is 3.83. The van der Waals surface area contributed by atoms with Gasteiger partial charge in [-0.3, -0.25) is 13.8 Å². The lowest BCUT2D eigenvalue weighted by molar-refractivity contribution is -0.161. The van der Waals surface area contributed by atoms with Crippen LogP contribution in [0.15, 0.2) is 17.3 Å². The van der Waals surface area contributed by atoms with Gasteiger partial charge in [-0.15, -0.1) is 0 Å². The molecular weight excluding hydrogens is 470 g/mol. The lowest BCUT2D eigenvalue weighted by Crippen LogP contribution is -2.67. The quantitative estimate of drug-likeness (QED) is 0.0885. The number of carbonyl (C=O) groups excluding carboxylic acids is 2. The molecule has 0 spiro atoms. The number of hydrogen-bond acceptors (Lipinski definition) is 9. The van der Waals surface area contributed by atoms with Gasteiger partial charge < -0.3 is 34.9 Å². The van der Waals surface area contributed by atoms with Crippen LogP contribution in [0.5, 0.6) is 11.5 Å². The normalized spacial score (nSPS) is 19.7. The molecule has 1 unspecified atom stereocenters. The molecule has 1 aromatic carbocycles. The van der Waals surface area contributed by atoms with Crippen LogP contribution in [0.4, 0.5) is 0 Å². The summed E-state index contributed by atoms with van der Waals surface area (Å²) in [4.78, 5) is 41.5. The predicted molar refractivity (Wildman–Crippen MR) is 111 cm³/mol. The number of aliphatic carboxylic acids is 1. The molecule has 176 valence electrons. The zero-order valence-corrected chi connectivity index (χ0v) is 18.6. The summed E-state index contributed by atoms with van der Waals surface area (Å²) in [5, 5.41) is 34.0. The number of aromatic hydroxyl groups is 2. The van der Waals surface area contributed by atoms with Crippen LogP contribution in [0.25, 0.3) is 0 Å². The van der Waals surface area contributed by atoms with Gasteiger partial charge in [-0.25, -0.2) is 4.79 Å². The Morgan fingerprint density at radius 3 is 2.69 bits per heavy atom. The number of carboxylic acids is 1. The number of hydrogen-bond donors (Lipinski definition) is 4. The highest BCUT2D eigenvalue weighted by Gasteiger charge is 2.51. The number of likely N-dealkylation sites (tertiary alicyclic amines) is 1. The lowest BCUT2D eigenvalue weighted by atomic mass is 9.92. The average molecular weight is 491 g/mol. The van der Waals surface area contributed by atoms with E-state index in [0.717, 1.165) is 24.1 Å². The molecular formula is C18H21ClN3O9S-. The molecule has 0 bridgehead atoms. The van der Waals surface area contributed by atoms with E-state index in [0.29, 0.717) is 0 Å². The molecule has 4 N–H and O–H groups in total. The first-order chi connectivity index (χ1) is 14.9. The molecule has 14 heteroatoms. The molecule has 1 saturated heterocycles. The summed E-state index contributed by atoms with van der Waals surface area (Å²) >= 11 is 2.83. The number of β-lactam (4-membered cyclic amide) rings is 1. The van der Waals surface area contributed by atoms with Gasteiger partial charge in [0, 0.05) is 12.5 Å². The van der Waals surface area contributed by atoms with E-state index in [1.807, 2.05) is 0 Å². The summed E-state index contributed by atoms with van der Waals surface area (Å²) in [5.74, 6) is -3.81. The number of rotatable bonds is 10. The zero-order chi connectivity index (χ0) is 24.2. The van der Waals surface area contributed by atoms with Crippen molar-refractivity contribution in [2.75, 3.05) is 13.2 Å². The van der Waals surface area contributed by atoms with Crippen LogP contribution in [0.2, 0.25) is 5.02 Å². The summed E-state index contributed by atoms with van der Waals surface area (Å²) in [5.41, 5.74) is -0.0996. The summed E-state index contributed by atoms with van der Waals surface area (Å²) < 4.78 is 21.6. The second kappa shape index (κ2) is 10.1. The highest BCUT2D eigenvalue weighted by atomic mass is 35.5. The Bertz CT molecular complexity index is 973. The maximum Gasteiger partial charge on any atom is 0.328 e. The fraction of sp³-hybridized carbons (Fsp3) is 0.444. The van der Waals surface area contributed by atoms with Crippen molar-refractivity contribution in [3.05, 3.63) is 22.7 Å². The molecule has 2 rings (SSSR count). The van der Waals surface area contributed by atoms with E-state index >= 15 is 0 Å². The smallest absolute Gasteiger partial charge is 0.328 e. The third kappa shape index (κ3) is 5.11. The van der Waals surface area contributed by atoms with Crippen LogP contribution in [-0.2, 0) is 25.5 Å². The second-order valence-corrected chi connectivity index (χ2v) is 8.86. The van der Waals surface area contributed by atoms with Crippen LogP contribution < -0.4 is 5.32 Å². The lowest BCUT2D eigenvalue weighted by Gasteiger charge is -2.48. The minimum atomic E-state index is -2.97. The molecule has 1 aliphatic rings. The number of benzene rings is 1. The second-order valence-electron chi connectivity index (χ2n) is 7.13. The van der Waals surface area contributed by atoms with Crippen molar-refractivity contribution in [2.24, 2.45) is 5.16 Å². The number of halogens is 1. The van der Waals surface area contributed by atoms with Gasteiger partial charge in [0.1, 0.15) is 6.61 Å². The van der Waals surface area contributed by atoms with Crippen molar-refractivity contribution < 1.29 is 43.3 Å². The van der Waals surface area contributed by atoms with Gasteiger partial charge in [0.25, 0.3) is 5.91 Å². The minimum absolute atomic E-state index is 0.0996. The first kappa shape index (κ1) is 25.4. The first-order valence-electron chi connectivity index (χ1n) is 9.20. The molecule has 1 fully saturated rings. The summed E-state index contributed by atoms with van der Waals surface area (Å²) in [6.45, 7) is 2.38. The highest BCUT2D eigenvalue weighted by Crippen LogP contribution is 2.35. The van der Waals surface area contributed by atoms with Crippen LogP contribution in [0, 0.1) is 0 Å². The number of carboxylic acid groups (broad SMARTS) is 1. The topological polar surface area (TPSA) is 189 Å². The number of nitrogens with zero attached hydrogens (tertiary/aromatic N) is 2. The van der Waals surface area contributed by atoms with E-state index in [1.165, 1.54) is 6.07 Å². The third-order valence-corrected chi connectivity index (χ3v) is 6.28. The van der Waals surface area contributed by atoms with E-state index < -0.39 is 57.2 Å². The van der Waals surface area contributed by atoms with Crippen LogP contribution in [-0.4, -0.2) is 83.0 Å². The van der Waals surface area contributed by atoms with Crippen molar-refractivity contribution in [3.8, 4) is 11.5 Å². The fourth-order valence-electron chi connectivity index (χ4n) is 3.06. The Balaban J connectivity index is 1.98. The number of phenols is 2. The maximum atomic E-state index is 12.1. The number of nitrogens with one attached hydrogen (secondary N) is 1. The largest absolute Gasteiger partial charge is 0.772 e. The molecule has 0 aromatic heterocycles. The van der Waals surface area contributed by atoms with E-state index in [-0.39, 0.29) is 30.2 Å². The molecule has 4 atom stereocenters. The van der Waals surface area contributed by atoms with Gasteiger partial charge in [0.15, 0.2) is 17.5 Å². The molecule has 0 radical (unpaired) electrons. The molecule has 32 heavy (non-hydrogen) atoms. The van der Waals surface area contributed by atoms with E-state index in [9.17, 15) is 38.5 Å². The van der Waals surface area contributed by atoms with Crippen LogP contribution >= 0.6 is 11.6 Å². The zero-order valence-electron chi connectivity index (χ0n) is 17.0. The van der Waals surface area contributed by atoms with Gasteiger partial charge in [0.05, 0.1) is 28.1 Å². The summed E-state index contributed by atoms with van der Waals surface area (Å²) in [6, 6.07) is 0.143. The molecule has 1 aliphatic heterocycles. The first-order valence-corrected chi connectivity index (χ1v) is 10.7. The molecule has 2 amide bonds. The summed E-state index contributed by atoms with van der Waals surface area (Å²) in [6.07, 6.45) is 0.894. The maximum absolute atomic E-state index is 12.1. The van der Waals surface area contributed by atoms with E-state index in [1.54, 1.807) is 6.92 Å². The van der Waals surface area contributed by atoms with Crippen molar-refractivity contribution >= 4 is 46.7 Å². The van der Waals surface area contributed by atoms with Gasteiger partial charge in [-0.1, -0.05) is 16.8 Å². The Morgan fingerprint density at radius 1 is 1.50 bits per heavy atom. The molecule has 1 heterocycles. The number of amides is 2. The monoisotopic (exact) mass is 490 g/mol. The Hall–Kier alpha value is -2.90. The molecule has 1 aromatic rings. The van der Waals surface area contributed by atoms with Crippen molar-refractivity contribution in [1.82, 2.24) is 10.2 Å². The third-order valence-electron chi connectivity index (χ3n) is 4.85. The van der Waals surface area contributed by atoms with E-state index in [4.69, 9.17) is 16.4 Å². The summed E-state index contributed by atoms with van der Waals surface area (Å²) in [7, 11) is 0. The predicted octanol–water partition coefficient (Wildman–Crippen LogP) is 0.195. The van der Waals surface area contributed by atoms with Crippen LogP contribution in [0.1, 0.15) is 30.6 Å². The molecule has 0 saturated carbocycles. The Kier molecular flexibility index (Phi) is 8.04. The van der Waals surface area contributed by atoms with E-state index in [2.05, 4.69) is 10.5 Å². The number of phenolic OH excluding ortho intramolecular Hbond substituents is 2. The van der Waals surface area contributed by atoms with Crippen molar-refractivity contribution in [2.45, 2.75) is 37.1 Å². The SMILES string of the molecule is C[C@@H]1CC(=O)N1[C@@H](C(=O)O)[C@](C)(/C=N/OCCNC(=O)c1ccc(O)c(O)c1Cl)S(=O)[O-]. The van der Waals surface area contributed by atoms with Gasteiger partial charge in [-0.2, -0.15) is 0 Å².